The molecule has 3 heteroatoms. The lowest BCUT2D eigenvalue weighted by atomic mass is 10.2. The van der Waals surface area contributed by atoms with Crippen molar-refractivity contribution >= 4 is 38.1 Å². The summed E-state index contributed by atoms with van der Waals surface area (Å²) >= 11 is 6.66. The molecule has 0 heterocycles. The third kappa shape index (κ3) is 2.42. The van der Waals surface area contributed by atoms with Gasteiger partial charge in [0.2, 0.25) is 6.29 Å². The molecule has 1 rings (SSSR count). The highest BCUT2D eigenvalue weighted by Gasteiger charge is 1.98. The van der Waals surface area contributed by atoms with Crippen LogP contribution in [0.3, 0.4) is 0 Å². The summed E-state index contributed by atoms with van der Waals surface area (Å²) in [6, 6.07) is 5.70. The Morgan fingerprint density at radius 2 is 2.09 bits per heavy atom. The predicted molar refractivity (Wildman–Crippen MR) is 51.2 cm³/mol. The minimum absolute atomic E-state index is 0.341. The molecule has 0 N–H and O–H groups in total. The number of halogens is 2. The summed E-state index contributed by atoms with van der Waals surface area (Å²) in [4.78, 5) is 10.1. The minimum atomic E-state index is 0.341. The van der Waals surface area contributed by atoms with Crippen LogP contribution >= 0.6 is 31.9 Å². The maximum Gasteiger partial charge on any atom is 0.203 e. The summed E-state index contributed by atoms with van der Waals surface area (Å²) in [6.45, 7) is 0. The average Bonchev–Trinajstić information content (AvgIpc) is 1.95. The summed E-state index contributed by atoms with van der Waals surface area (Å²) in [5.41, 5.74) is 0.961. The monoisotopic (exact) mass is 275 g/mol. The Morgan fingerprint density at radius 3 is 2.64 bits per heavy atom. The molecule has 0 aliphatic heterocycles. The zero-order valence-electron chi connectivity index (χ0n) is 5.60. The first-order chi connectivity index (χ1) is 5.24. The number of hydrogen-bond donors (Lipinski definition) is 0. The van der Waals surface area contributed by atoms with Crippen molar-refractivity contribution in [1.82, 2.24) is 0 Å². The molecule has 0 bridgehead atoms. The van der Waals surface area contributed by atoms with Gasteiger partial charge in [-0.05, 0) is 17.7 Å². The van der Waals surface area contributed by atoms with Crippen molar-refractivity contribution in [2.75, 3.05) is 0 Å². The summed E-state index contributed by atoms with van der Waals surface area (Å²) < 4.78 is 1.94. The number of hydrogen-bond acceptors (Lipinski definition) is 1. The highest BCUT2D eigenvalue weighted by molar-refractivity contribution is 9.11. The Morgan fingerprint density at radius 1 is 1.36 bits per heavy atom. The van der Waals surface area contributed by atoms with Gasteiger partial charge in [-0.3, -0.25) is 4.79 Å². The fourth-order valence-corrected chi connectivity index (χ4v) is 1.93. The van der Waals surface area contributed by atoms with Gasteiger partial charge in [-0.25, -0.2) is 0 Å². The summed E-state index contributed by atoms with van der Waals surface area (Å²) in [5, 5.41) is 0. The van der Waals surface area contributed by atoms with Crippen LogP contribution in [0, 0.1) is 0 Å². The molecule has 0 aliphatic rings. The van der Waals surface area contributed by atoms with Gasteiger partial charge < -0.3 is 0 Å². The lowest BCUT2D eigenvalue weighted by Gasteiger charge is -1.98. The summed E-state index contributed by atoms with van der Waals surface area (Å²) in [5.74, 6) is 0. The topological polar surface area (TPSA) is 17.1 Å². The van der Waals surface area contributed by atoms with Crippen molar-refractivity contribution in [3.63, 3.8) is 0 Å². The first-order valence-electron chi connectivity index (χ1n) is 3.03. The second-order valence-corrected chi connectivity index (χ2v) is 3.83. The third-order valence-corrected chi connectivity index (χ3v) is 2.51. The van der Waals surface area contributed by atoms with Crippen LogP contribution in [0.2, 0.25) is 0 Å². The summed E-state index contributed by atoms with van der Waals surface area (Å²) in [7, 11) is 0. The molecule has 0 unspecified atom stereocenters. The van der Waals surface area contributed by atoms with Gasteiger partial charge in [0.15, 0.2) is 0 Å². The predicted octanol–water partition coefficient (Wildman–Crippen LogP) is 2.86. The van der Waals surface area contributed by atoms with E-state index < -0.39 is 0 Å². The molecule has 1 radical (unpaired) electrons. The highest BCUT2D eigenvalue weighted by Crippen LogP contribution is 2.21. The lowest BCUT2D eigenvalue weighted by molar-refractivity contribution is 0.555. The molecule has 11 heavy (non-hydrogen) atoms. The van der Waals surface area contributed by atoms with Gasteiger partial charge in [0.1, 0.15) is 0 Å². The second-order valence-electron chi connectivity index (χ2n) is 2.06. The smallest absolute Gasteiger partial charge is 0.203 e. The van der Waals surface area contributed by atoms with E-state index in [4.69, 9.17) is 0 Å². The molecule has 0 amide bonds. The van der Waals surface area contributed by atoms with E-state index in [0.717, 1.165) is 14.5 Å². The van der Waals surface area contributed by atoms with Crippen LogP contribution < -0.4 is 0 Å². The van der Waals surface area contributed by atoms with Crippen LogP contribution in [0.15, 0.2) is 27.1 Å². The van der Waals surface area contributed by atoms with E-state index in [1.54, 1.807) is 0 Å². The van der Waals surface area contributed by atoms with Crippen molar-refractivity contribution in [1.29, 1.82) is 0 Å². The zero-order valence-corrected chi connectivity index (χ0v) is 8.78. The van der Waals surface area contributed by atoms with Gasteiger partial charge >= 0.3 is 0 Å². The Labute approximate surface area is 82.1 Å². The van der Waals surface area contributed by atoms with Gasteiger partial charge in [0.05, 0.1) is 0 Å². The minimum Gasteiger partial charge on any atom is -0.291 e. The van der Waals surface area contributed by atoms with Gasteiger partial charge in [0, 0.05) is 15.4 Å². The fraction of sp³-hybridized carbons (Fsp3) is 0.125. The largest absolute Gasteiger partial charge is 0.291 e. The van der Waals surface area contributed by atoms with E-state index in [2.05, 4.69) is 31.9 Å². The average molecular weight is 277 g/mol. The third-order valence-electron chi connectivity index (χ3n) is 1.28. The van der Waals surface area contributed by atoms with Crippen LogP contribution in [0.4, 0.5) is 0 Å². The molecular formula is C8H5Br2O. The molecular weight excluding hydrogens is 272 g/mol. The van der Waals surface area contributed by atoms with Crippen LogP contribution in [0.5, 0.6) is 0 Å². The molecule has 0 aliphatic carbocycles. The van der Waals surface area contributed by atoms with Gasteiger partial charge in [-0.2, -0.15) is 0 Å². The Bertz CT molecular complexity index is 271. The van der Waals surface area contributed by atoms with Crippen LogP contribution in [0.1, 0.15) is 5.56 Å². The van der Waals surface area contributed by atoms with E-state index in [0.29, 0.717) is 6.42 Å². The van der Waals surface area contributed by atoms with Crippen molar-refractivity contribution < 1.29 is 4.79 Å². The van der Waals surface area contributed by atoms with Gasteiger partial charge in [0.25, 0.3) is 0 Å². The molecule has 1 aromatic rings. The maximum absolute atomic E-state index is 10.1. The van der Waals surface area contributed by atoms with Gasteiger partial charge in [-0.1, -0.05) is 37.9 Å². The Balaban J connectivity index is 2.98. The fourth-order valence-electron chi connectivity index (χ4n) is 0.743. The standard InChI is InChI=1S/C8H5Br2O/c9-7-2-1-6(3-4-11)8(10)5-7/h1-2,5H,3H2. The van der Waals surface area contributed by atoms with E-state index in [-0.39, 0.29) is 0 Å². The molecule has 57 valence electrons. The SMILES string of the molecule is O=[C]Cc1ccc(Br)cc1Br. The number of benzene rings is 1. The molecule has 1 aromatic carbocycles. The van der Waals surface area contributed by atoms with Crippen LogP contribution in [0.25, 0.3) is 0 Å². The van der Waals surface area contributed by atoms with Crippen LogP contribution in [-0.2, 0) is 11.2 Å². The molecule has 0 spiro atoms. The number of carbonyl (C=O) groups excluding carboxylic acids is 1. The van der Waals surface area contributed by atoms with Crippen molar-refractivity contribution in [2.24, 2.45) is 0 Å². The van der Waals surface area contributed by atoms with Gasteiger partial charge in [-0.15, -0.1) is 0 Å². The zero-order chi connectivity index (χ0) is 8.27. The maximum atomic E-state index is 10.1. The molecule has 0 saturated carbocycles. The quantitative estimate of drug-likeness (QED) is 0.812. The van der Waals surface area contributed by atoms with Crippen molar-refractivity contribution in [3.8, 4) is 0 Å². The molecule has 0 saturated heterocycles. The van der Waals surface area contributed by atoms with E-state index in [1.165, 1.54) is 0 Å². The summed E-state index contributed by atoms with van der Waals surface area (Å²) in [6.07, 6.45) is 2.19. The van der Waals surface area contributed by atoms with E-state index >= 15 is 0 Å². The van der Waals surface area contributed by atoms with E-state index in [9.17, 15) is 4.79 Å². The highest BCUT2D eigenvalue weighted by atomic mass is 79.9. The molecule has 0 aromatic heterocycles. The van der Waals surface area contributed by atoms with Crippen LogP contribution in [-0.4, -0.2) is 6.29 Å². The molecule has 1 nitrogen and oxygen atoms in total. The lowest BCUT2D eigenvalue weighted by Crippen LogP contribution is -1.86. The molecule has 0 atom stereocenters. The van der Waals surface area contributed by atoms with Crippen molar-refractivity contribution in [2.45, 2.75) is 6.42 Å². The first-order valence-corrected chi connectivity index (χ1v) is 4.61. The molecule has 0 fully saturated rings. The first kappa shape index (κ1) is 8.94. The Kier molecular flexibility index (Phi) is 3.27. The van der Waals surface area contributed by atoms with Crippen molar-refractivity contribution in [3.05, 3.63) is 32.7 Å². The second kappa shape index (κ2) is 4.02. The Hall–Kier alpha value is -0.150. The van der Waals surface area contributed by atoms with E-state index in [1.807, 2.05) is 24.5 Å². The normalized spacial score (nSPS) is 9.64. The number of rotatable bonds is 2.